The predicted molar refractivity (Wildman–Crippen MR) is 87.1 cm³/mol. The van der Waals surface area contributed by atoms with Crippen LogP contribution in [0.4, 0.5) is 0 Å². The molecule has 0 bridgehead atoms. The molecule has 10 nitrogen and oxygen atoms in total. The first kappa shape index (κ1) is 17.3. The van der Waals surface area contributed by atoms with Gasteiger partial charge < -0.3 is 10.2 Å². The summed E-state index contributed by atoms with van der Waals surface area (Å²) in [5.41, 5.74) is 0.591. The van der Waals surface area contributed by atoms with E-state index in [-0.39, 0.29) is 24.1 Å². The van der Waals surface area contributed by atoms with Crippen molar-refractivity contribution < 1.29 is 14.2 Å². The fourth-order valence-corrected chi connectivity index (χ4v) is 3.27. The number of aryl methyl sites for hydroxylation is 1. The van der Waals surface area contributed by atoms with E-state index in [9.17, 15) is 14.4 Å². The van der Waals surface area contributed by atoms with Crippen molar-refractivity contribution >= 4 is 23.5 Å². The highest BCUT2D eigenvalue weighted by atomic mass is 32.1. The number of amides is 2. The third kappa shape index (κ3) is 3.92. The minimum Gasteiger partial charge on any atom is -0.348 e. The van der Waals surface area contributed by atoms with Gasteiger partial charge in [0.25, 0.3) is 11.5 Å². The molecule has 134 valence electrons. The Morgan fingerprint density at radius 2 is 2.20 bits per heavy atom. The van der Waals surface area contributed by atoms with E-state index in [4.69, 9.17) is 0 Å². The Hall–Kier alpha value is -2.56. The topological polar surface area (TPSA) is 134 Å². The number of aromatic nitrogens is 4. The lowest BCUT2D eigenvalue weighted by molar-refractivity contribution is -0.137. The molecular formula is C14H18N6O4S. The van der Waals surface area contributed by atoms with E-state index in [1.807, 2.05) is 6.92 Å². The second kappa shape index (κ2) is 7.13. The Labute approximate surface area is 146 Å². The maximum absolute atomic E-state index is 12.1. The van der Waals surface area contributed by atoms with Crippen molar-refractivity contribution in [3.8, 4) is 0 Å². The average Bonchev–Trinajstić information content (AvgIpc) is 3.11. The van der Waals surface area contributed by atoms with E-state index in [0.29, 0.717) is 30.4 Å². The molecule has 1 saturated heterocycles. The zero-order valence-corrected chi connectivity index (χ0v) is 14.6. The van der Waals surface area contributed by atoms with Crippen molar-refractivity contribution in [2.45, 2.75) is 32.7 Å². The molecule has 2 N–H and O–H groups in total. The first-order chi connectivity index (χ1) is 11.9. The molecule has 2 aromatic heterocycles. The summed E-state index contributed by atoms with van der Waals surface area (Å²) in [4.78, 5) is 37.2. The number of hydrogen-bond acceptors (Lipinski definition) is 8. The highest BCUT2D eigenvalue weighted by Gasteiger charge is 2.32. The molecule has 1 aliphatic rings. The summed E-state index contributed by atoms with van der Waals surface area (Å²) in [6.07, 6.45) is 0.906. The largest absolute Gasteiger partial charge is 0.348 e. The summed E-state index contributed by atoms with van der Waals surface area (Å²) >= 11 is 0.848. The van der Waals surface area contributed by atoms with Gasteiger partial charge in [0.1, 0.15) is 11.4 Å². The normalized spacial score (nSPS) is 15.7. The van der Waals surface area contributed by atoms with Crippen LogP contribution in [0.1, 0.15) is 35.2 Å². The smallest absolute Gasteiger partial charge is 0.291 e. The fraction of sp³-hybridized carbons (Fsp3) is 0.571. The summed E-state index contributed by atoms with van der Waals surface area (Å²) in [5.74, 6) is -0.179. The zero-order valence-electron chi connectivity index (χ0n) is 13.8. The van der Waals surface area contributed by atoms with Crippen molar-refractivity contribution in [3.63, 3.8) is 0 Å². The van der Waals surface area contributed by atoms with E-state index in [2.05, 4.69) is 29.0 Å². The average molecular weight is 366 g/mol. The SMILES string of the molecule is Cc1nonc1CC(=O)N1CC(CC(C)NC(=O)c2ns[nH]c2=O)C1. The monoisotopic (exact) mass is 366 g/mol. The third-order valence-corrected chi connectivity index (χ3v) is 4.70. The molecule has 0 saturated carbocycles. The van der Waals surface area contributed by atoms with E-state index in [0.717, 1.165) is 18.1 Å². The van der Waals surface area contributed by atoms with Gasteiger partial charge in [-0.3, -0.25) is 18.8 Å². The Kier molecular flexibility index (Phi) is 4.93. The number of likely N-dealkylation sites (tertiary alicyclic amines) is 1. The Morgan fingerprint density at radius 3 is 2.80 bits per heavy atom. The number of carbonyl (C=O) groups is 2. The maximum Gasteiger partial charge on any atom is 0.291 e. The van der Waals surface area contributed by atoms with Crippen molar-refractivity contribution in [2.24, 2.45) is 5.92 Å². The van der Waals surface area contributed by atoms with Gasteiger partial charge in [-0.25, -0.2) is 4.63 Å². The lowest BCUT2D eigenvalue weighted by Gasteiger charge is -2.40. The van der Waals surface area contributed by atoms with E-state index < -0.39 is 11.5 Å². The molecule has 1 atom stereocenters. The minimum atomic E-state index is -0.479. The number of aromatic amines is 1. The molecular weight excluding hydrogens is 348 g/mol. The second-order valence-corrected chi connectivity index (χ2v) is 6.78. The maximum atomic E-state index is 12.1. The summed E-state index contributed by atoms with van der Waals surface area (Å²) in [7, 11) is 0. The molecule has 1 unspecified atom stereocenters. The lowest BCUT2D eigenvalue weighted by Crippen LogP contribution is -2.52. The number of rotatable bonds is 6. The highest BCUT2D eigenvalue weighted by molar-refractivity contribution is 6.99. The van der Waals surface area contributed by atoms with Gasteiger partial charge in [0, 0.05) is 30.9 Å². The van der Waals surface area contributed by atoms with Gasteiger partial charge in [-0.2, -0.15) is 4.37 Å². The van der Waals surface area contributed by atoms with E-state index in [1.54, 1.807) is 11.8 Å². The number of H-pyrrole nitrogens is 1. The van der Waals surface area contributed by atoms with E-state index >= 15 is 0 Å². The number of hydrogen-bond donors (Lipinski definition) is 2. The molecule has 0 spiro atoms. The van der Waals surface area contributed by atoms with Crippen molar-refractivity contribution in [2.75, 3.05) is 13.1 Å². The van der Waals surface area contributed by atoms with Crippen LogP contribution in [0.15, 0.2) is 9.42 Å². The molecule has 1 fully saturated rings. The molecule has 0 aromatic carbocycles. The van der Waals surface area contributed by atoms with Crippen LogP contribution in [-0.2, 0) is 11.2 Å². The summed E-state index contributed by atoms with van der Waals surface area (Å²) in [6, 6.07) is -0.113. The molecule has 0 aliphatic carbocycles. The van der Waals surface area contributed by atoms with Crippen molar-refractivity contribution in [1.29, 1.82) is 0 Å². The fourth-order valence-electron chi connectivity index (χ4n) is 2.78. The molecule has 2 amide bonds. The molecule has 11 heteroatoms. The van der Waals surface area contributed by atoms with E-state index in [1.165, 1.54) is 0 Å². The third-order valence-electron chi connectivity index (χ3n) is 4.14. The van der Waals surface area contributed by atoms with Gasteiger partial charge in [0.2, 0.25) is 11.6 Å². The van der Waals surface area contributed by atoms with Gasteiger partial charge in [-0.15, -0.1) is 0 Å². The van der Waals surface area contributed by atoms with Crippen LogP contribution in [0.2, 0.25) is 0 Å². The quantitative estimate of drug-likeness (QED) is 0.719. The van der Waals surface area contributed by atoms with Crippen LogP contribution in [0, 0.1) is 12.8 Å². The van der Waals surface area contributed by atoms with Gasteiger partial charge in [-0.05, 0) is 26.2 Å². The van der Waals surface area contributed by atoms with Crippen LogP contribution in [0.3, 0.4) is 0 Å². The number of nitrogens with zero attached hydrogens (tertiary/aromatic N) is 4. The standard InChI is InChI=1S/C14H18N6O4S/c1-7(15-13(22)12-14(23)19-25-18-12)3-9-5-20(6-9)11(21)4-10-8(2)16-24-17-10/h7,9H,3-6H2,1-2H3,(H,15,22)(H,19,23). The molecule has 3 heterocycles. The van der Waals surface area contributed by atoms with Crippen LogP contribution in [0.5, 0.6) is 0 Å². The molecule has 25 heavy (non-hydrogen) atoms. The van der Waals surface area contributed by atoms with Crippen LogP contribution in [0.25, 0.3) is 0 Å². The molecule has 1 aliphatic heterocycles. The van der Waals surface area contributed by atoms with Crippen LogP contribution >= 0.6 is 11.7 Å². The molecule has 0 radical (unpaired) electrons. The summed E-state index contributed by atoms with van der Waals surface area (Å²) < 4.78 is 10.7. The first-order valence-corrected chi connectivity index (χ1v) is 8.62. The zero-order chi connectivity index (χ0) is 18.0. The summed E-state index contributed by atoms with van der Waals surface area (Å²) in [6.45, 7) is 4.89. The Balaban J connectivity index is 1.41. The van der Waals surface area contributed by atoms with Crippen molar-refractivity contribution in [1.82, 2.24) is 29.3 Å². The van der Waals surface area contributed by atoms with Crippen LogP contribution in [-0.4, -0.2) is 54.9 Å². The predicted octanol–water partition coefficient (Wildman–Crippen LogP) is -0.268. The number of carbonyl (C=O) groups excluding carboxylic acids is 2. The molecule has 3 rings (SSSR count). The van der Waals surface area contributed by atoms with Gasteiger partial charge >= 0.3 is 0 Å². The Bertz CT molecular complexity index is 821. The summed E-state index contributed by atoms with van der Waals surface area (Å²) in [5, 5.41) is 10.1. The minimum absolute atomic E-state index is 0.0132. The Morgan fingerprint density at radius 1 is 1.44 bits per heavy atom. The molecule has 2 aromatic rings. The highest BCUT2D eigenvalue weighted by Crippen LogP contribution is 2.21. The van der Waals surface area contributed by atoms with Gasteiger partial charge in [0.05, 0.1) is 6.42 Å². The first-order valence-electron chi connectivity index (χ1n) is 7.85. The van der Waals surface area contributed by atoms with Crippen molar-refractivity contribution in [3.05, 3.63) is 27.4 Å². The van der Waals surface area contributed by atoms with Crippen LogP contribution < -0.4 is 10.9 Å². The number of nitrogens with one attached hydrogen (secondary N) is 2. The second-order valence-electron chi connectivity index (χ2n) is 6.21. The lowest BCUT2D eigenvalue weighted by atomic mass is 9.92. The van der Waals surface area contributed by atoms with Gasteiger partial charge in [0.15, 0.2) is 0 Å². The van der Waals surface area contributed by atoms with Gasteiger partial charge in [-0.1, -0.05) is 10.3 Å².